The van der Waals surface area contributed by atoms with Crippen LogP contribution in [-0.4, -0.2) is 42.6 Å². The molecule has 0 heterocycles. The minimum Gasteiger partial charge on any atom is -0.484 e. The molecule has 1 aromatic rings. The highest BCUT2D eigenvalue weighted by Crippen LogP contribution is 2.57. The molecule has 0 saturated heterocycles. The molecular formula is C23H31NO4. The SMILES string of the molecule is COC(=O)CCN(C(=O)COc1ccc(C)cc1)C12CC3CC(CC(C3)C1)C2. The van der Waals surface area contributed by atoms with Gasteiger partial charge in [-0.2, -0.15) is 0 Å². The van der Waals surface area contributed by atoms with Gasteiger partial charge in [0.2, 0.25) is 0 Å². The summed E-state index contributed by atoms with van der Waals surface area (Å²) in [5.41, 5.74) is 1.07. The number of carbonyl (C=O) groups is 2. The summed E-state index contributed by atoms with van der Waals surface area (Å²) < 4.78 is 10.6. The molecule has 0 atom stereocenters. The lowest BCUT2D eigenvalue weighted by Gasteiger charge is -2.60. The second kappa shape index (κ2) is 7.76. The van der Waals surface area contributed by atoms with E-state index in [0.29, 0.717) is 12.3 Å². The van der Waals surface area contributed by atoms with E-state index in [1.54, 1.807) is 0 Å². The van der Waals surface area contributed by atoms with Gasteiger partial charge in [0.15, 0.2) is 6.61 Å². The van der Waals surface area contributed by atoms with E-state index in [-0.39, 0.29) is 30.4 Å². The van der Waals surface area contributed by atoms with E-state index in [1.165, 1.54) is 26.4 Å². The van der Waals surface area contributed by atoms with Crippen LogP contribution in [0.15, 0.2) is 24.3 Å². The van der Waals surface area contributed by atoms with Crippen molar-refractivity contribution in [1.82, 2.24) is 4.90 Å². The Bertz CT molecular complexity index is 691. The number of rotatable bonds is 7. The van der Waals surface area contributed by atoms with Crippen molar-refractivity contribution in [3.05, 3.63) is 29.8 Å². The molecule has 0 unspecified atom stereocenters. The molecule has 0 radical (unpaired) electrons. The molecule has 1 aromatic carbocycles. The predicted molar refractivity (Wildman–Crippen MR) is 106 cm³/mol. The van der Waals surface area contributed by atoms with E-state index in [1.807, 2.05) is 36.1 Å². The fourth-order valence-corrected chi connectivity index (χ4v) is 6.18. The van der Waals surface area contributed by atoms with Gasteiger partial charge in [-0.1, -0.05) is 17.7 Å². The van der Waals surface area contributed by atoms with Crippen molar-refractivity contribution in [2.75, 3.05) is 20.3 Å². The lowest BCUT2D eigenvalue weighted by atomic mass is 9.52. The molecule has 4 saturated carbocycles. The standard InChI is InChI=1S/C23H31NO4/c1-16-3-5-20(6-4-16)28-15-21(25)24(8-7-22(26)27-2)23-12-17-9-18(13-23)11-19(10-17)14-23/h3-6,17-19H,7-15H2,1-2H3. The van der Waals surface area contributed by atoms with Crippen molar-refractivity contribution in [2.24, 2.45) is 17.8 Å². The molecule has 152 valence electrons. The number of aryl methyl sites for hydroxylation is 1. The fraction of sp³-hybridized carbons (Fsp3) is 0.652. The zero-order chi connectivity index (χ0) is 19.7. The Kier molecular flexibility index (Phi) is 5.35. The maximum Gasteiger partial charge on any atom is 0.307 e. The maximum absolute atomic E-state index is 13.2. The molecule has 0 spiro atoms. The number of methoxy groups -OCH3 is 1. The Balaban J connectivity index is 1.49. The van der Waals surface area contributed by atoms with Gasteiger partial charge in [0.1, 0.15) is 5.75 Å². The Labute approximate surface area is 167 Å². The molecule has 5 nitrogen and oxygen atoms in total. The van der Waals surface area contributed by atoms with Crippen LogP contribution in [0.3, 0.4) is 0 Å². The molecule has 1 amide bonds. The topological polar surface area (TPSA) is 55.8 Å². The summed E-state index contributed by atoms with van der Waals surface area (Å²) in [6.07, 6.45) is 7.44. The quantitative estimate of drug-likeness (QED) is 0.671. The molecule has 5 rings (SSSR count). The number of hydrogen-bond acceptors (Lipinski definition) is 4. The lowest BCUT2D eigenvalue weighted by molar-refractivity contribution is -0.155. The minimum absolute atomic E-state index is 0.00794. The summed E-state index contributed by atoms with van der Waals surface area (Å²) in [6, 6.07) is 7.75. The van der Waals surface area contributed by atoms with Crippen LogP contribution in [0.1, 0.15) is 50.5 Å². The summed E-state index contributed by atoms with van der Waals surface area (Å²) >= 11 is 0. The smallest absolute Gasteiger partial charge is 0.307 e. The molecule has 4 bridgehead atoms. The number of amides is 1. The molecule has 4 aliphatic rings. The number of ether oxygens (including phenoxy) is 2. The molecule has 4 aliphatic carbocycles. The van der Waals surface area contributed by atoms with Crippen LogP contribution in [0.5, 0.6) is 5.75 Å². The number of carbonyl (C=O) groups excluding carboxylic acids is 2. The average molecular weight is 386 g/mol. The van der Waals surface area contributed by atoms with Crippen molar-refractivity contribution in [3.8, 4) is 5.75 Å². The summed E-state index contributed by atoms with van der Waals surface area (Å²) in [4.78, 5) is 27.0. The first-order chi connectivity index (χ1) is 13.5. The van der Waals surface area contributed by atoms with Crippen molar-refractivity contribution in [1.29, 1.82) is 0 Å². The van der Waals surface area contributed by atoms with Crippen LogP contribution in [-0.2, 0) is 14.3 Å². The highest BCUT2D eigenvalue weighted by Gasteiger charge is 2.54. The van der Waals surface area contributed by atoms with E-state index in [9.17, 15) is 9.59 Å². The van der Waals surface area contributed by atoms with Crippen molar-refractivity contribution >= 4 is 11.9 Å². The van der Waals surface area contributed by atoms with Gasteiger partial charge in [-0.15, -0.1) is 0 Å². The van der Waals surface area contributed by atoms with E-state index < -0.39 is 0 Å². The molecule has 0 aromatic heterocycles. The number of hydrogen-bond donors (Lipinski definition) is 0. The summed E-state index contributed by atoms with van der Waals surface area (Å²) in [5.74, 6) is 2.64. The van der Waals surface area contributed by atoms with Crippen molar-refractivity contribution < 1.29 is 19.1 Å². The van der Waals surface area contributed by atoms with Gasteiger partial charge in [-0.25, -0.2) is 0 Å². The van der Waals surface area contributed by atoms with Crippen LogP contribution in [0.25, 0.3) is 0 Å². The van der Waals surface area contributed by atoms with Gasteiger partial charge in [0, 0.05) is 12.1 Å². The summed E-state index contributed by atoms with van der Waals surface area (Å²) in [6.45, 7) is 2.47. The fourth-order valence-electron chi connectivity index (χ4n) is 6.18. The third-order valence-corrected chi connectivity index (χ3v) is 7.03. The maximum atomic E-state index is 13.2. The van der Waals surface area contributed by atoms with Gasteiger partial charge >= 0.3 is 5.97 Å². The number of nitrogens with zero attached hydrogens (tertiary/aromatic N) is 1. The van der Waals surface area contributed by atoms with Gasteiger partial charge in [0.25, 0.3) is 5.91 Å². The summed E-state index contributed by atoms with van der Waals surface area (Å²) in [5, 5.41) is 0. The molecule has 0 aliphatic heterocycles. The Morgan fingerprint density at radius 2 is 1.61 bits per heavy atom. The minimum atomic E-state index is -0.262. The predicted octanol–water partition coefficient (Wildman–Crippen LogP) is 3.73. The van der Waals surface area contributed by atoms with Crippen LogP contribution in [0, 0.1) is 24.7 Å². The van der Waals surface area contributed by atoms with E-state index in [4.69, 9.17) is 9.47 Å². The van der Waals surface area contributed by atoms with Gasteiger partial charge in [-0.3, -0.25) is 9.59 Å². The van der Waals surface area contributed by atoms with E-state index in [0.717, 1.165) is 42.6 Å². The normalized spacial score (nSPS) is 30.1. The van der Waals surface area contributed by atoms with Crippen LogP contribution in [0.2, 0.25) is 0 Å². The molecule has 4 fully saturated rings. The molecular weight excluding hydrogens is 354 g/mol. The van der Waals surface area contributed by atoms with Crippen molar-refractivity contribution in [3.63, 3.8) is 0 Å². The highest BCUT2D eigenvalue weighted by atomic mass is 16.5. The first-order valence-corrected chi connectivity index (χ1v) is 10.5. The Hall–Kier alpha value is -2.04. The Morgan fingerprint density at radius 3 is 2.14 bits per heavy atom. The van der Waals surface area contributed by atoms with Gasteiger partial charge in [0.05, 0.1) is 13.5 Å². The Morgan fingerprint density at radius 1 is 1.04 bits per heavy atom. The third kappa shape index (κ3) is 3.89. The molecule has 28 heavy (non-hydrogen) atoms. The van der Waals surface area contributed by atoms with Crippen molar-refractivity contribution in [2.45, 2.75) is 57.4 Å². The zero-order valence-corrected chi connectivity index (χ0v) is 17.0. The van der Waals surface area contributed by atoms with Crippen LogP contribution in [0.4, 0.5) is 0 Å². The highest BCUT2D eigenvalue weighted by molar-refractivity contribution is 5.79. The van der Waals surface area contributed by atoms with Crippen LogP contribution >= 0.6 is 0 Å². The second-order valence-corrected chi connectivity index (χ2v) is 9.12. The monoisotopic (exact) mass is 385 g/mol. The van der Waals surface area contributed by atoms with Gasteiger partial charge in [-0.05, 0) is 75.3 Å². The lowest BCUT2D eigenvalue weighted by Crippen LogP contribution is -2.62. The van der Waals surface area contributed by atoms with E-state index >= 15 is 0 Å². The van der Waals surface area contributed by atoms with Gasteiger partial charge < -0.3 is 14.4 Å². The third-order valence-electron chi connectivity index (χ3n) is 7.03. The number of esters is 1. The molecule has 0 N–H and O–H groups in total. The number of benzene rings is 1. The zero-order valence-electron chi connectivity index (χ0n) is 17.0. The molecule has 5 heteroatoms. The average Bonchev–Trinajstić information content (AvgIpc) is 2.66. The second-order valence-electron chi connectivity index (χ2n) is 9.12. The van der Waals surface area contributed by atoms with E-state index in [2.05, 4.69) is 0 Å². The van der Waals surface area contributed by atoms with Crippen LogP contribution < -0.4 is 4.74 Å². The largest absolute Gasteiger partial charge is 0.484 e. The first kappa shape index (κ1) is 19.3. The first-order valence-electron chi connectivity index (χ1n) is 10.5. The summed E-state index contributed by atoms with van der Waals surface area (Å²) in [7, 11) is 1.40.